The normalized spacial score (nSPS) is 21.2. The highest BCUT2D eigenvalue weighted by molar-refractivity contribution is 6.18. The SMILES string of the molecule is O=[N+]([O-])C(=C1NC(OCCCl)C(OCCCl)N1)[N+](=O)[O-]. The van der Waals surface area contributed by atoms with Gasteiger partial charge in [-0.2, -0.15) is 0 Å². The zero-order valence-corrected chi connectivity index (χ0v) is 11.6. The Morgan fingerprint density at radius 2 is 1.45 bits per heavy atom. The summed E-state index contributed by atoms with van der Waals surface area (Å²) < 4.78 is 10.5. The molecule has 1 rings (SSSR count). The van der Waals surface area contributed by atoms with Gasteiger partial charge >= 0.3 is 5.82 Å². The lowest BCUT2D eigenvalue weighted by molar-refractivity contribution is -0.618. The quantitative estimate of drug-likeness (QED) is 0.362. The maximum absolute atomic E-state index is 10.7. The van der Waals surface area contributed by atoms with Crippen LogP contribution in [0.25, 0.3) is 0 Å². The van der Waals surface area contributed by atoms with Crippen molar-refractivity contribution in [2.45, 2.75) is 12.5 Å². The van der Waals surface area contributed by atoms with Gasteiger partial charge in [0.15, 0.2) is 12.5 Å². The van der Waals surface area contributed by atoms with E-state index in [0.29, 0.717) is 0 Å². The largest absolute Gasteiger partial charge is 0.599 e. The van der Waals surface area contributed by atoms with Gasteiger partial charge in [-0.25, -0.2) is 0 Å². The van der Waals surface area contributed by atoms with E-state index in [-0.39, 0.29) is 30.8 Å². The highest BCUT2D eigenvalue weighted by atomic mass is 35.5. The number of nitro groups is 2. The molecule has 0 aliphatic carbocycles. The van der Waals surface area contributed by atoms with E-state index >= 15 is 0 Å². The number of hydrogen-bond donors (Lipinski definition) is 2. The number of hydrogen-bond acceptors (Lipinski definition) is 8. The second-order valence-corrected chi connectivity index (χ2v) is 4.22. The fraction of sp³-hybridized carbons (Fsp3) is 0.750. The van der Waals surface area contributed by atoms with E-state index in [1.165, 1.54) is 0 Å². The van der Waals surface area contributed by atoms with Crippen molar-refractivity contribution < 1.29 is 19.3 Å². The summed E-state index contributed by atoms with van der Waals surface area (Å²) in [6.07, 6.45) is -1.69. The van der Waals surface area contributed by atoms with Gasteiger partial charge in [0.1, 0.15) is 9.85 Å². The monoisotopic (exact) mass is 330 g/mol. The van der Waals surface area contributed by atoms with Crippen LogP contribution in [-0.2, 0) is 9.47 Å². The van der Waals surface area contributed by atoms with E-state index in [4.69, 9.17) is 32.7 Å². The van der Waals surface area contributed by atoms with Gasteiger partial charge in [-0.15, -0.1) is 23.2 Å². The molecule has 0 spiro atoms. The molecule has 1 heterocycles. The van der Waals surface area contributed by atoms with Crippen LogP contribution in [0.5, 0.6) is 0 Å². The summed E-state index contributed by atoms with van der Waals surface area (Å²) in [7, 11) is 0. The number of alkyl halides is 2. The number of rotatable bonds is 8. The molecule has 0 aromatic heterocycles. The van der Waals surface area contributed by atoms with Crippen molar-refractivity contribution in [2.24, 2.45) is 0 Å². The average Bonchev–Trinajstić information content (AvgIpc) is 2.75. The first-order valence-electron chi connectivity index (χ1n) is 5.42. The first-order chi connectivity index (χ1) is 9.51. The second-order valence-electron chi connectivity index (χ2n) is 3.46. The van der Waals surface area contributed by atoms with Gasteiger partial charge in [-0.1, -0.05) is 0 Å². The van der Waals surface area contributed by atoms with Gasteiger partial charge in [0.05, 0.1) is 13.2 Å². The molecule has 2 unspecified atom stereocenters. The third kappa shape index (κ3) is 4.34. The summed E-state index contributed by atoms with van der Waals surface area (Å²) in [6.45, 7) is 0.280. The molecular weight excluding hydrogens is 319 g/mol. The third-order valence-corrected chi connectivity index (χ3v) is 2.48. The molecule has 1 saturated heterocycles. The van der Waals surface area contributed by atoms with Gasteiger partial charge in [0.25, 0.3) is 5.82 Å². The molecule has 0 bridgehead atoms. The van der Waals surface area contributed by atoms with E-state index in [1.54, 1.807) is 0 Å². The Morgan fingerprint density at radius 3 is 1.75 bits per heavy atom. The molecule has 0 radical (unpaired) electrons. The molecule has 0 aromatic carbocycles. The summed E-state index contributed by atoms with van der Waals surface area (Å²) in [5, 5.41) is 26.3. The minimum Gasteiger partial charge on any atom is -0.352 e. The summed E-state index contributed by atoms with van der Waals surface area (Å²) >= 11 is 10.9. The molecule has 0 amide bonds. The van der Waals surface area contributed by atoms with Crippen LogP contribution in [-0.4, -0.2) is 47.3 Å². The lowest BCUT2D eigenvalue weighted by Crippen LogP contribution is -2.39. The molecular formula is C8H12Cl2N4O6. The lowest BCUT2D eigenvalue weighted by Gasteiger charge is -2.18. The average molecular weight is 331 g/mol. The predicted molar refractivity (Wildman–Crippen MR) is 68.2 cm³/mol. The van der Waals surface area contributed by atoms with Crippen LogP contribution in [0.1, 0.15) is 0 Å². The van der Waals surface area contributed by atoms with E-state index < -0.39 is 28.1 Å². The molecule has 20 heavy (non-hydrogen) atoms. The van der Waals surface area contributed by atoms with E-state index in [1.807, 2.05) is 0 Å². The van der Waals surface area contributed by atoms with Crippen molar-refractivity contribution in [2.75, 3.05) is 25.0 Å². The van der Waals surface area contributed by atoms with Gasteiger partial charge in [0.2, 0.25) is 0 Å². The predicted octanol–water partition coefficient (Wildman–Crippen LogP) is 0.0222. The zero-order valence-electron chi connectivity index (χ0n) is 10.1. The van der Waals surface area contributed by atoms with E-state index in [2.05, 4.69) is 10.6 Å². The fourth-order valence-corrected chi connectivity index (χ4v) is 1.64. The number of halogens is 2. The van der Waals surface area contributed by atoms with Gasteiger partial charge < -0.3 is 20.1 Å². The van der Waals surface area contributed by atoms with Crippen LogP contribution in [0.3, 0.4) is 0 Å². The molecule has 1 aliphatic rings. The Balaban J connectivity index is 2.89. The summed E-state index contributed by atoms with van der Waals surface area (Å²) in [6, 6.07) is 0. The smallest absolute Gasteiger partial charge is 0.352 e. The molecule has 1 aliphatic heterocycles. The van der Waals surface area contributed by atoms with Crippen molar-refractivity contribution in [3.05, 3.63) is 31.9 Å². The van der Waals surface area contributed by atoms with Crippen molar-refractivity contribution >= 4 is 23.2 Å². The zero-order chi connectivity index (χ0) is 15.1. The van der Waals surface area contributed by atoms with Crippen LogP contribution in [0.15, 0.2) is 11.6 Å². The lowest BCUT2D eigenvalue weighted by atomic mass is 10.5. The van der Waals surface area contributed by atoms with Crippen molar-refractivity contribution in [1.82, 2.24) is 10.6 Å². The van der Waals surface area contributed by atoms with E-state index in [0.717, 1.165) is 0 Å². The Labute approximate surface area is 123 Å². The number of nitrogens with one attached hydrogen (secondary N) is 2. The molecule has 2 atom stereocenters. The van der Waals surface area contributed by atoms with Crippen molar-refractivity contribution in [3.63, 3.8) is 0 Å². The number of ether oxygens (including phenoxy) is 2. The fourth-order valence-electron chi connectivity index (χ4n) is 1.46. The topological polar surface area (TPSA) is 129 Å². The Bertz CT molecular complexity index is 372. The third-order valence-electron chi connectivity index (χ3n) is 2.17. The standard InChI is InChI=1S/C8H12Cl2N4O6/c9-1-3-19-6-7(20-4-2-10)12-5(11-6)8(13(15)16)14(17)18/h6-7,11-12H,1-4H2. The minimum absolute atomic E-state index is 0.140. The molecule has 114 valence electrons. The van der Waals surface area contributed by atoms with Crippen molar-refractivity contribution in [3.8, 4) is 0 Å². The first kappa shape index (κ1) is 16.7. The van der Waals surface area contributed by atoms with Gasteiger partial charge in [0, 0.05) is 11.8 Å². The summed E-state index contributed by atoms with van der Waals surface area (Å²) in [5.41, 5.74) is 0. The maximum atomic E-state index is 10.7. The molecule has 12 heteroatoms. The highest BCUT2D eigenvalue weighted by Gasteiger charge is 2.42. The Hall–Kier alpha value is -1.36. The van der Waals surface area contributed by atoms with Gasteiger partial charge in [-0.05, 0) is 0 Å². The second kappa shape index (κ2) is 8.04. The van der Waals surface area contributed by atoms with Crippen LogP contribution < -0.4 is 10.6 Å². The van der Waals surface area contributed by atoms with Gasteiger partial charge in [-0.3, -0.25) is 20.2 Å². The van der Waals surface area contributed by atoms with Crippen LogP contribution >= 0.6 is 23.2 Å². The Morgan fingerprint density at radius 1 is 1.05 bits per heavy atom. The Kier molecular flexibility index (Phi) is 6.71. The molecule has 10 nitrogen and oxygen atoms in total. The van der Waals surface area contributed by atoms with Crippen molar-refractivity contribution in [1.29, 1.82) is 0 Å². The highest BCUT2D eigenvalue weighted by Crippen LogP contribution is 2.14. The maximum Gasteiger partial charge on any atom is 0.599 e. The first-order valence-corrected chi connectivity index (χ1v) is 6.49. The molecule has 0 saturated carbocycles. The van der Waals surface area contributed by atoms with E-state index in [9.17, 15) is 20.2 Å². The molecule has 1 fully saturated rings. The summed E-state index contributed by atoms with van der Waals surface area (Å²) in [4.78, 5) is 19.1. The number of nitrogens with zero attached hydrogens (tertiary/aromatic N) is 2. The minimum atomic E-state index is -1.22. The summed E-state index contributed by atoms with van der Waals surface area (Å²) in [5.74, 6) is -1.23. The molecule has 0 aromatic rings. The van der Waals surface area contributed by atoms with Crippen LogP contribution in [0.2, 0.25) is 0 Å². The van der Waals surface area contributed by atoms with Crippen LogP contribution in [0, 0.1) is 20.2 Å². The van der Waals surface area contributed by atoms with Crippen LogP contribution in [0.4, 0.5) is 0 Å². The molecule has 2 N–H and O–H groups in total.